The normalized spacial score (nSPS) is 17.1. The standard InChI is InChI=1S/C24H25N3O5/c1-2-30-20-7-4-18(5-8-20)26(11-3-10-25)24(29)17-14-23(28)27(16-17)19-6-9-21-22(15-19)32-13-12-31-21/h4-9,15,17H,2-3,11-14,16H2,1H3. The zero-order chi connectivity index (χ0) is 22.5. The van der Waals surface area contributed by atoms with Gasteiger partial charge < -0.3 is 24.0 Å². The quantitative estimate of drug-likeness (QED) is 0.663. The first-order chi connectivity index (χ1) is 15.6. The van der Waals surface area contributed by atoms with E-state index < -0.39 is 5.92 Å². The van der Waals surface area contributed by atoms with Gasteiger partial charge in [0.1, 0.15) is 19.0 Å². The number of nitriles is 1. The van der Waals surface area contributed by atoms with E-state index in [1.165, 1.54) is 0 Å². The molecule has 2 amide bonds. The maximum Gasteiger partial charge on any atom is 0.232 e. The third-order valence-electron chi connectivity index (χ3n) is 5.48. The van der Waals surface area contributed by atoms with Crippen LogP contribution in [0.2, 0.25) is 0 Å². The molecular weight excluding hydrogens is 410 g/mol. The Labute approximate surface area is 186 Å². The number of anilines is 2. The molecule has 0 saturated carbocycles. The van der Waals surface area contributed by atoms with E-state index in [0.717, 1.165) is 0 Å². The Morgan fingerprint density at radius 3 is 2.66 bits per heavy atom. The van der Waals surface area contributed by atoms with E-state index in [9.17, 15) is 9.59 Å². The molecule has 1 fully saturated rings. The lowest BCUT2D eigenvalue weighted by atomic mass is 10.1. The molecule has 1 unspecified atom stereocenters. The SMILES string of the molecule is CCOc1ccc(N(CCC#N)C(=O)C2CC(=O)N(c3ccc4c(c3)OCCO4)C2)cc1. The maximum atomic E-state index is 13.4. The number of benzene rings is 2. The number of rotatable bonds is 7. The van der Waals surface area contributed by atoms with E-state index in [4.69, 9.17) is 19.5 Å². The number of ether oxygens (including phenoxy) is 3. The van der Waals surface area contributed by atoms with E-state index in [0.29, 0.717) is 48.4 Å². The first-order valence-corrected chi connectivity index (χ1v) is 10.7. The number of fused-ring (bicyclic) bond motifs is 1. The van der Waals surface area contributed by atoms with Gasteiger partial charge in [-0.25, -0.2) is 0 Å². The number of nitrogens with zero attached hydrogens (tertiary/aromatic N) is 3. The van der Waals surface area contributed by atoms with Gasteiger partial charge in [-0.1, -0.05) is 0 Å². The monoisotopic (exact) mass is 435 g/mol. The smallest absolute Gasteiger partial charge is 0.232 e. The van der Waals surface area contributed by atoms with Crippen LogP contribution in [0.3, 0.4) is 0 Å². The van der Waals surface area contributed by atoms with Gasteiger partial charge in [0.2, 0.25) is 11.8 Å². The van der Waals surface area contributed by atoms with Crippen molar-refractivity contribution in [2.45, 2.75) is 19.8 Å². The predicted molar refractivity (Wildman–Crippen MR) is 118 cm³/mol. The highest BCUT2D eigenvalue weighted by molar-refractivity contribution is 6.04. The van der Waals surface area contributed by atoms with Gasteiger partial charge in [-0.2, -0.15) is 5.26 Å². The molecule has 2 aromatic rings. The van der Waals surface area contributed by atoms with Crippen LogP contribution >= 0.6 is 0 Å². The second-order valence-electron chi connectivity index (χ2n) is 7.56. The molecule has 1 atom stereocenters. The molecule has 0 aromatic heterocycles. The predicted octanol–water partition coefficient (Wildman–Crippen LogP) is 3.16. The Morgan fingerprint density at radius 1 is 1.19 bits per heavy atom. The molecule has 0 spiro atoms. The van der Waals surface area contributed by atoms with E-state index in [-0.39, 0.29) is 37.7 Å². The molecule has 0 radical (unpaired) electrons. The molecule has 2 aliphatic rings. The van der Waals surface area contributed by atoms with Gasteiger partial charge in [0.25, 0.3) is 0 Å². The van der Waals surface area contributed by atoms with E-state index in [1.807, 2.05) is 6.92 Å². The Balaban J connectivity index is 1.51. The number of amides is 2. The van der Waals surface area contributed by atoms with E-state index in [2.05, 4.69) is 6.07 Å². The van der Waals surface area contributed by atoms with Crippen LogP contribution in [0.25, 0.3) is 0 Å². The van der Waals surface area contributed by atoms with Crippen molar-refractivity contribution in [2.24, 2.45) is 5.92 Å². The fourth-order valence-electron chi connectivity index (χ4n) is 3.96. The zero-order valence-corrected chi connectivity index (χ0v) is 18.0. The Bertz CT molecular complexity index is 1030. The largest absolute Gasteiger partial charge is 0.494 e. The average molecular weight is 435 g/mol. The molecule has 166 valence electrons. The van der Waals surface area contributed by atoms with Crippen molar-refractivity contribution in [2.75, 3.05) is 42.7 Å². The van der Waals surface area contributed by atoms with Crippen LogP contribution in [0.4, 0.5) is 11.4 Å². The highest BCUT2D eigenvalue weighted by Crippen LogP contribution is 2.36. The lowest BCUT2D eigenvalue weighted by molar-refractivity contribution is -0.124. The van der Waals surface area contributed by atoms with Gasteiger partial charge in [0, 0.05) is 37.0 Å². The van der Waals surface area contributed by atoms with Crippen LogP contribution in [0.15, 0.2) is 42.5 Å². The molecule has 2 heterocycles. The minimum Gasteiger partial charge on any atom is -0.494 e. The summed E-state index contributed by atoms with van der Waals surface area (Å²) in [4.78, 5) is 29.3. The van der Waals surface area contributed by atoms with Crippen LogP contribution in [-0.4, -0.2) is 44.7 Å². The highest BCUT2D eigenvalue weighted by Gasteiger charge is 2.38. The topological polar surface area (TPSA) is 92.1 Å². The first kappa shape index (κ1) is 21.5. The molecule has 0 aliphatic carbocycles. The number of carbonyl (C=O) groups excluding carboxylic acids is 2. The summed E-state index contributed by atoms with van der Waals surface area (Å²) in [5.41, 5.74) is 1.36. The molecule has 8 nitrogen and oxygen atoms in total. The summed E-state index contributed by atoms with van der Waals surface area (Å²) in [5, 5.41) is 9.06. The number of carbonyl (C=O) groups is 2. The van der Waals surface area contributed by atoms with Crippen LogP contribution < -0.4 is 24.0 Å². The minimum atomic E-state index is -0.499. The lowest BCUT2D eigenvalue weighted by Crippen LogP contribution is -2.38. The van der Waals surface area contributed by atoms with Crippen LogP contribution in [-0.2, 0) is 9.59 Å². The molecule has 2 aromatic carbocycles. The van der Waals surface area contributed by atoms with E-state index >= 15 is 0 Å². The Kier molecular flexibility index (Phi) is 6.45. The fraction of sp³-hybridized carbons (Fsp3) is 0.375. The summed E-state index contributed by atoms with van der Waals surface area (Å²) < 4.78 is 16.6. The molecule has 2 aliphatic heterocycles. The summed E-state index contributed by atoms with van der Waals surface area (Å²) in [5.74, 6) is 1.18. The van der Waals surface area contributed by atoms with Crippen molar-refractivity contribution < 1.29 is 23.8 Å². The van der Waals surface area contributed by atoms with Gasteiger partial charge in [0.15, 0.2) is 11.5 Å². The Hall–Kier alpha value is -3.73. The third-order valence-corrected chi connectivity index (χ3v) is 5.48. The molecule has 0 N–H and O–H groups in total. The van der Waals surface area contributed by atoms with Gasteiger partial charge in [-0.3, -0.25) is 9.59 Å². The molecule has 1 saturated heterocycles. The van der Waals surface area contributed by atoms with Crippen molar-refractivity contribution in [1.82, 2.24) is 0 Å². The Morgan fingerprint density at radius 2 is 1.94 bits per heavy atom. The first-order valence-electron chi connectivity index (χ1n) is 10.7. The number of hydrogen-bond acceptors (Lipinski definition) is 6. The van der Waals surface area contributed by atoms with E-state index in [1.54, 1.807) is 52.3 Å². The van der Waals surface area contributed by atoms with Crippen molar-refractivity contribution in [3.63, 3.8) is 0 Å². The molecule has 8 heteroatoms. The maximum absolute atomic E-state index is 13.4. The summed E-state index contributed by atoms with van der Waals surface area (Å²) >= 11 is 0. The summed E-state index contributed by atoms with van der Waals surface area (Å²) in [6.07, 6.45) is 0.318. The van der Waals surface area contributed by atoms with Crippen LogP contribution in [0.5, 0.6) is 17.2 Å². The fourth-order valence-corrected chi connectivity index (χ4v) is 3.96. The van der Waals surface area contributed by atoms with Crippen LogP contribution in [0, 0.1) is 17.2 Å². The van der Waals surface area contributed by atoms with Crippen molar-refractivity contribution in [1.29, 1.82) is 5.26 Å². The molecular formula is C24H25N3O5. The van der Waals surface area contributed by atoms with Gasteiger partial charge in [0.05, 0.1) is 25.0 Å². The van der Waals surface area contributed by atoms with Crippen LogP contribution in [0.1, 0.15) is 19.8 Å². The van der Waals surface area contributed by atoms with Gasteiger partial charge in [-0.15, -0.1) is 0 Å². The van der Waals surface area contributed by atoms with Crippen molar-refractivity contribution in [3.8, 4) is 23.3 Å². The summed E-state index contributed by atoms with van der Waals surface area (Å²) in [6, 6.07) is 14.7. The zero-order valence-electron chi connectivity index (χ0n) is 18.0. The van der Waals surface area contributed by atoms with Gasteiger partial charge in [-0.05, 0) is 43.3 Å². The second-order valence-corrected chi connectivity index (χ2v) is 7.56. The third kappa shape index (κ3) is 4.47. The average Bonchev–Trinajstić information content (AvgIpc) is 3.21. The van der Waals surface area contributed by atoms with Crippen molar-refractivity contribution in [3.05, 3.63) is 42.5 Å². The van der Waals surface area contributed by atoms with Crippen molar-refractivity contribution >= 4 is 23.2 Å². The summed E-state index contributed by atoms with van der Waals surface area (Å²) in [7, 11) is 0. The molecule has 4 rings (SSSR count). The summed E-state index contributed by atoms with van der Waals surface area (Å²) in [6.45, 7) is 3.95. The second kappa shape index (κ2) is 9.60. The molecule has 32 heavy (non-hydrogen) atoms. The molecule has 0 bridgehead atoms. The van der Waals surface area contributed by atoms with Gasteiger partial charge >= 0.3 is 0 Å². The highest BCUT2D eigenvalue weighted by atomic mass is 16.6. The lowest BCUT2D eigenvalue weighted by Gasteiger charge is -2.25. The minimum absolute atomic E-state index is 0.118. The number of hydrogen-bond donors (Lipinski definition) is 0.